The normalized spacial score (nSPS) is 27.3. The quantitative estimate of drug-likeness (QED) is 0.291. The number of nitrogens with one attached hydrogen (secondary N) is 1. The number of carbonyl (C=O) groups is 3. The van der Waals surface area contributed by atoms with E-state index in [0.717, 1.165) is 68.9 Å². The average molecular weight is 669 g/mol. The van der Waals surface area contributed by atoms with Gasteiger partial charge in [0.2, 0.25) is 5.91 Å². The van der Waals surface area contributed by atoms with Crippen molar-refractivity contribution >= 4 is 28.9 Å². The zero-order valence-electron chi connectivity index (χ0n) is 27.9. The lowest BCUT2D eigenvalue weighted by atomic mass is 9.96. The van der Waals surface area contributed by atoms with Crippen molar-refractivity contribution in [1.29, 1.82) is 0 Å². The van der Waals surface area contributed by atoms with Gasteiger partial charge >= 0.3 is 12.1 Å². The second kappa shape index (κ2) is 14.4. The minimum Gasteiger partial charge on any atom is -0.467 e. The third-order valence-electron chi connectivity index (χ3n) is 10.7. The summed E-state index contributed by atoms with van der Waals surface area (Å²) in [6.45, 7) is 0.307. The highest BCUT2D eigenvalue weighted by atomic mass is 16.6. The van der Waals surface area contributed by atoms with E-state index in [2.05, 4.69) is 11.4 Å². The Morgan fingerprint density at radius 2 is 1.69 bits per heavy atom. The van der Waals surface area contributed by atoms with Gasteiger partial charge in [-0.3, -0.25) is 14.2 Å². The van der Waals surface area contributed by atoms with Crippen LogP contribution in [0.3, 0.4) is 0 Å². The summed E-state index contributed by atoms with van der Waals surface area (Å²) in [5.74, 6) is -0.778. The Hall–Kier alpha value is -4.67. The third-order valence-corrected chi connectivity index (χ3v) is 10.7. The number of alkyl carbamates (subject to hydrolysis) is 1. The Balaban J connectivity index is 1.27. The highest BCUT2D eigenvalue weighted by molar-refractivity contribution is 5.90. The van der Waals surface area contributed by atoms with Gasteiger partial charge in [-0.25, -0.2) is 9.59 Å². The summed E-state index contributed by atoms with van der Waals surface area (Å²) in [5, 5.41) is 3.40. The van der Waals surface area contributed by atoms with Crippen LogP contribution in [0.15, 0.2) is 65.5 Å². The second-order valence-electron chi connectivity index (χ2n) is 13.8. The maximum Gasteiger partial charge on any atom is 0.408 e. The number of carbonyl (C=O) groups excluding carboxylic acids is 3. The number of fused-ring (bicyclic) bond motifs is 5. The van der Waals surface area contributed by atoms with Gasteiger partial charge in [-0.05, 0) is 80.0 Å². The van der Waals surface area contributed by atoms with Gasteiger partial charge in [0.1, 0.15) is 24.3 Å². The van der Waals surface area contributed by atoms with Crippen LogP contribution in [0.1, 0.15) is 64.2 Å². The minimum absolute atomic E-state index is 0.0665. The lowest BCUT2D eigenvalue weighted by Gasteiger charge is -2.31. The van der Waals surface area contributed by atoms with Crippen LogP contribution in [0.5, 0.6) is 6.01 Å². The van der Waals surface area contributed by atoms with Crippen LogP contribution in [-0.2, 0) is 25.6 Å². The summed E-state index contributed by atoms with van der Waals surface area (Å²) in [6.07, 6.45) is 10.5. The van der Waals surface area contributed by atoms with Gasteiger partial charge in [0.15, 0.2) is 0 Å². The number of aromatic nitrogens is 2. The molecule has 4 aliphatic rings. The number of methoxy groups -OCH3 is 1. The van der Waals surface area contributed by atoms with E-state index in [-0.39, 0.29) is 54.9 Å². The lowest BCUT2D eigenvalue weighted by Crippen LogP contribution is -2.55. The van der Waals surface area contributed by atoms with Gasteiger partial charge in [-0.15, -0.1) is 0 Å². The number of allylic oxidation sites excluding steroid dienone is 2. The van der Waals surface area contributed by atoms with Crippen LogP contribution in [0.4, 0.5) is 4.79 Å². The number of ether oxygens (including phenoxy) is 3. The molecule has 2 aliphatic heterocycles. The summed E-state index contributed by atoms with van der Waals surface area (Å²) in [5.41, 5.74) is 2.18. The molecule has 2 aliphatic carbocycles. The predicted octanol–water partition coefficient (Wildman–Crippen LogP) is 5.39. The molecule has 5 atom stereocenters. The van der Waals surface area contributed by atoms with E-state index in [1.54, 1.807) is 6.07 Å². The molecule has 3 aromatic rings. The Kier molecular flexibility index (Phi) is 9.68. The molecule has 2 bridgehead atoms. The molecule has 1 N–H and O–H groups in total. The van der Waals surface area contributed by atoms with Crippen LogP contribution in [0.25, 0.3) is 22.0 Å². The first-order valence-corrected chi connectivity index (χ1v) is 17.7. The van der Waals surface area contributed by atoms with Gasteiger partial charge in [0.05, 0.1) is 24.6 Å². The van der Waals surface area contributed by atoms with Gasteiger partial charge in [-0.1, -0.05) is 61.4 Å². The summed E-state index contributed by atoms with van der Waals surface area (Å²) in [6, 6.07) is 13.9. The molecule has 2 amide bonds. The van der Waals surface area contributed by atoms with E-state index < -0.39 is 30.3 Å². The van der Waals surface area contributed by atoms with E-state index in [4.69, 9.17) is 19.2 Å². The zero-order chi connectivity index (χ0) is 33.9. The van der Waals surface area contributed by atoms with Crippen LogP contribution >= 0.6 is 0 Å². The molecule has 2 aromatic carbocycles. The summed E-state index contributed by atoms with van der Waals surface area (Å²) >= 11 is 0. The van der Waals surface area contributed by atoms with E-state index in [1.807, 2.05) is 48.5 Å². The number of nitrogens with zero attached hydrogens (tertiary/aromatic N) is 3. The van der Waals surface area contributed by atoms with Crippen LogP contribution in [-0.4, -0.2) is 70.4 Å². The standard InChI is InChI=1S/C38H44N4O7/c1-47-36(45)31-22-28-23-42(31)35(44)33(26-14-7-8-15-26)40-38(46)49-32-17-10-16-25(32)13-6-3-9-20-41-34(43)29-19-18-27(24-11-4-2-5-12-24)21-30(29)39-37(41)48-28/h2-5,9,11-12,18-19,21,25-26,28,31-33H,6-8,10,13-17,20,22-23H2,1H3,(H,40,46)/b9-3-/t25-,28-,31+,32-,33+/m1/s1. The first kappa shape index (κ1) is 32.9. The Labute approximate surface area is 285 Å². The highest BCUT2D eigenvalue weighted by Gasteiger charge is 2.46. The molecule has 0 unspecified atom stereocenters. The molecule has 49 heavy (non-hydrogen) atoms. The molecule has 1 aromatic heterocycles. The molecule has 0 radical (unpaired) electrons. The first-order chi connectivity index (χ1) is 23.9. The largest absolute Gasteiger partial charge is 0.467 e. The Bertz CT molecular complexity index is 1780. The number of rotatable bonds is 3. The number of esters is 1. The number of hydrogen-bond acceptors (Lipinski definition) is 8. The van der Waals surface area contributed by atoms with Gasteiger partial charge in [-0.2, -0.15) is 4.98 Å². The van der Waals surface area contributed by atoms with Crippen molar-refractivity contribution in [2.75, 3.05) is 13.7 Å². The topological polar surface area (TPSA) is 129 Å². The van der Waals surface area contributed by atoms with Gasteiger partial charge < -0.3 is 24.4 Å². The molecule has 258 valence electrons. The third kappa shape index (κ3) is 6.93. The average Bonchev–Trinajstić information content (AvgIpc) is 3.90. The molecule has 11 heteroatoms. The van der Waals surface area contributed by atoms with Gasteiger partial charge in [0.25, 0.3) is 11.6 Å². The molecule has 1 saturated heterocycles. The Morgan fingerprint density at radius 1 is 0.898 bits per heavy atom. The maximum atomic E-state index is 14.3. The summed E-state index contributed by atoms with van der Waals surface area (Å²) < 4.78 is 19.1. The fourth-order valence-corrected chi connectivity index (χ4v) is 8.14. The SMILES string of the molecule is COC(=O)[C@@H]1C[C@@H]2CN1C(=O)[C@H](C1CCCC1)NC(=O)O[C@@H]1CCC[C@H]1CC/C=C\Cn1c(nc3cc(-c4ccccc4)ccc3c1=O)O2. The van der Waals surface area contributed by atoms with E-state index in [9.17, 15) is 19.2 Å². The van der Waals surface area contributed by atoms with E-state index in [0.29, 0.717) is 10.9 Å². The second-order valence-corrected chi connectivity index (χ2v) is 13.8. The molecular weight excluding hydrogens is 624 g/mol. The number of hydrogen-bond donors (Lipinski definition) is 1. The van der Waals surface area contributed by atoms with Crippen molar-refractivity contribution < 1.29 is 28.6 Å². The lowest BCUT2D eigenvalue weighted by molar-refractivity contribution is -0.152. The van der Waals surface area contributed by atoms with Crippen molar-refractivity contribution in [2.24, 2.45) is 11.8 Å². The molecule has 7 rings (SSSR count). The van der Waals surface area contributed by atoms with Crippen molar-refractivity contribution in [1.82, 2.24) is 19.8 Å². The van der Waals surface area contributed by atoms with E-state index >= 15 is 0 Å². The number of benzene rings is 2. The molecule has 3 heterocycles. The van der Waals surface area contributed by atoms with Gasteiger partial charge in [0, 0.05) is 13.0 Å². The summed E-state index contributed by atoms with van der Waals surface area (Å²) in [4.78, 5) is 61.1. The Morgan fingerprint density at radius 3 is 2.49 bits per heavy atom. The molecular formula is C38H44N4O7. The highest BCUT2D eigenvalue weighted by Crippen LogP contribution is 2.34. The summed E-state index contributed by atoms with van der Waals surface area (Å²) in [7, 11) is 1.29. The van der Waals surface area contributed by atoms with Crippen LogP contribution < -0.4 is 15.6 Å². The van der Waals surface area contributed by atoms with Crippen LogP contribution in [0.2, 0.25) is 0 Å². The maximum absolute atomic E-state index is 14.3. The smallest absolute Gasteiger partial charge is 0.408 e. The molecule has 11 nitrogen and oxygen atoms in total. The van der Waals surface area contributed by atoms with Crippen molar-refractivity contribution in [3.05, 3.63) is 71.0 Å². The molecule has 3 fully saturated rings. The fourth-order valence-electron chi connectivity index (χ4n) is 8.14. The van der Waals surface area contributed by atoms with Crippen molar-refractivity contribution in [3.8, 4) is 17.1 Å². The minimum atomic E-state index is -0.921. The van der Waals surface area contributed by atoms with Crippen molar-refractivity contribution in [3.63, 3.8) is 0 Å². The monoisotopic (exact) mass is 668 g/mol. The molecule has 0 spiro atoms. The van der Waals surface area contributed by atoms with Crippen LogP contribution in [0, 0.1) is 11.8 Å². The fraction of sp³-hybridized carbons (Fsp3) is 0.500. The number of amides is 2. The first-order valence-electron chi connectivity index (χ1n) is 17.7. The zero-order valence-corrected chi connectivity index (χ0v) is 27.9. The predicted molar refractivity (Wildman–Crippen MR) is 183 cm³/mol. The molecule has 2 saturated carbocycles. The van der Waals surface area contributed by atoms with Crippen molar-refractivity contribution in [2.45, 2.75) is 95.0 Å². The van der Waals surface area contributed by atoms with E-state index in [1.165, 1.54) is 16.6 Å².